The van der Waals surface area contributed by atoms with Crippen LogP contribution in [-0.4, -0.2) is 44.0 Å². The summed E-state index contributed by atoms with van der Waals surface area (Å²) in [6.07, 6.45) is 8.96. The van der Waals surface area contributed by atoms with Crippen molar-refractivity contribution in [1.82, 2.24) is 5.32 Å². The fourth-order valence-corrected chi connectivity index (χ4v) is 5.63. The van der Waals surface area contributed by atoms with E-state index < -0.39 is 0 Å². The molecule has 4 rings (SSSR count). The van der Waals surface area contributed by atoms with Gasteiger partial charge in [0.1, 0.15) is 11.6 Å². The Morgan fingerprint density at radius 1 is 1.23 bits per heavy atom. The number of fused-ring (bicyclic) bond motifs is 1. The number of hydrogen-bond acceptors (Lipinski definition) is 5. The van der Waals surface area contributed by atoms with Crippen molar-refractivity contribution >= 4 is 23.5 Å². The van der Waals surface area contributed by atoms with E-state index >= 15 is 0 Å². The van der Waals surface area contributed by atoms with E-state index in [9.17, 15) is 10.1 Å². The van der Waals surface area contributed by atoms with Crippen molar-refractivity contribution in [1.29, 1.82) is 5.26 Å². The molecular weight excluding hydrogens is 396 g/mol. The van der Waals surface area contributed by atoms with E-state index in [1.165, 1.54) is 48.0 Å². The Morgan fingerprint density at radius 3 is 2.70 bits per heavy atom. The van der Waals surface area contributed by atoms with Crippen LogP contribution >= 0.6 is 11.8 Å². The Balaban J connectivity index is 1.50. The molecule has 30 heavy (non-hydrogen) atoms. The van der Waals surface area contributed by atoms with E-state index in [-0.39, 0.29) is 12.0 Å². The van der Waals surface area contributed by atoms with Crippen molar-refractivity contribution in [2.45, 2.75) is 69.4 Å². The maximum atomic E-state index is 12.4. The summed E-state index contributed by atoms with van der Waals surface area (Å²) in [6, 6.07) is 2.44. The highest BCUT2D eigenvalue weighted by Gasteiger charge is 2.32. The summed E-state index contributed by atoms with van der Waals surface area (Å²) in [7, 11) is 0. The molecule has 7 heteroatoms. The summed E-state index contributed by atoms with van der Waals surface area (Å²) in [6.45, 7) is 5.81. The van der Waals surface area contributed by atoms with Crippen LogP contribution in [0.1, 0.15) is 62.1 Å². The molecule has 1 aromatic rings. The molecule has 0 bridgehead atoms. The van der Waals surface area contributed by atoms with Gasteiger partial charge in [-0.2, -0.15) is 5.26 Å². The first-order valence-corrected chi connectivity index (χ1v) is 12.4. The van der Waals surface area contributed by atoms with Crippen LogP contribution in [0.25, 0.3) is 0 Å². The zero-order chi connectivity index (χ0) is 20.9. The van der Waals surface area contributed by atoms with Crippen molar-refractivity contribution in [2.24, 2.45) is 5.92 Å². The highest BCUT2D eigenvalue weighted by molar-refractivity contribution is 7.99. The van der Waals surface area contributed by atoms with Gasteiger partial charge in [0.25, 0.3) is 5.82 Å². The standard InChI is InChI=1S/C23H32N4O2S/c1-16-8-10-27(11-9-16)22-19-7-3-2-6-18(19)20(13-24)23(26-22)30-15-21(28)25-14-17-5-4-12-29-17/h16-17H,2-12,14-15H2,1H3,(H,25,28)/p+1/t17-/m1/s1. The number of amides is 1. The number of pyridine rings is 1. The van der Waals surface area contributed by atoms with E-state index in [0.29, 0.717) is 12.3 Å². The van der Waals surface area contributed by atoms with E-state index in [0.717, 1.165) is 68.3 Å². The Labute approximate surface area is 183 Å². The normalized spacial score (nSPS) is 21.9. The first-order valence-electron chi connectivity index (χ1n) is 11.4. The highest BCUT2D eigenvalue weighted by atomic mass is 32.2. The monoisotopic (exact) mass is 429 g/mol. The lowest BCUT2D eigenvalue weighted by Crippen LogP contribution is -2.39. The highest BCUT2D eigenvalue weighted by Crippen LogP contribution is 2.35. The Kier molecular flexibility index (Phi) is 7.16. The molecule has 0 saturated carbocycles. The predicted molar refractivity (Wildman–Crippen MR) is 118 cm³/mol. The second kappa shape index (κ2) is 10.0. The van der Waals surface area contributed by atoms with Crippen LogP contribution in [0.15, 0.2) is 5.03 Å². The van der Waals surface area contributed by atoms with Gasteiger partial charge in [0.15, 0.2) is 5.03 Å². The number of piperidine rings is 1. The number of thioether (sulfide) groups is 1. The van der Waals surface area contributed by atoms with Gasteiger partial charge in [-0.25, -0.2) is 4.98 Å². The summed E-state index contributed by atoms with van der Waals surface area (Å²) < 4.78 is 5.58. The zero-order valence-corrected chi connectivity index (χ0v) is 18.8. The number of nitrogens with zero attached hydrogens (tertiary/aromatic N) is 2. The van der Waals surface area contributed by atoms with Crippen LogP contribution in [0.2, 0.25) is 0 Å². The molecular formula is C23H33N4O2S+. The van der Waals surface area contributed by atoms with Crippen LogP contribution in [-0.2, 0) is 22.4 Å². The van der Waals surface area contributed by atoms with Crippen molar-refractivity contribution in [2.75, 3.05) is 36.9 Å². The number of H-pyrrole nitrogens is 1. The topological polar surface area (TPSA) is 79.5 Å². The van der Waals surface area contributed by atoms with Crippen LogP contribution in [0.5, 0.6) is 0 Å². The minimum absolute atomic E-state index is 0.00106. The molecule has 162 valence electrons. The number of rotatable bonds is 6. The van der Waals surface area contributed by atoms with Crippen molar-refractivity contribution in [3.8, 4) is 6.07 Å². The SMILES string of the molecule is CC1CCN(c2[nH+]c(SCC(=O)NC[C@H]3CCCO3)c(C#N)c3c2CCCC3)CC1. The molecule has 3 heterocycles. The van der Waals surface area contributed by atoms with E-state index in [1.54, 1.807) is 0 Å². The van der Waals surface area contributed by atoms with Crippen molar-refractivity contribution in [3.05, 3.63) is 16.7 Å². The molecule has 2 N–H and O–H groups in total. The van der Waals surface area contributed by atoms with Gasteiger partial charge in [-0.05, 0) is 62.8 Å². The second-order valence-electron chi connectivity index (χ2n) is 8.85. The molecule has 3 aliphatic rings. The minimum atomic E-state index is -0.00106. The number of nitriles is 1. The molecule has 2 saturated heterocycles. The molecule has 0 spiro atoms. The molecule has 1 aromatic heterocycles. The molecule has 0 aromatic carbocycles. The first-order chi connectivity index (χ1) is 14.7. The average molecular weight is 430 g/mol. The third kappa shape index (κ3) is 4.92. The van der Waals surface area contributed by atoms with Gasteiger partial charge in [0, 0.05) is 18.7 Å². The van der Waals surface area contributed by atoms with Crippen LogP contribution in [0.4, 0.5) is 5.82 Å². The molecule has 2 aliphatic heterocycles. The second-order valence-corrected chi connectivity index (χ2v) is 9.84. The molecule has 6 nitrogen and oxygen atoms in total. The molecule has 1 amide bonds. The third-order valence-electron chi connectivity index (χ3n) is 6.62. The first kappa shape index (κ1) is 21.5. The summed E-state index contributed by atoms with van der Waals surface area (Å²) in [5.41, 5.74) is 3.29. The number of aromatic nitrogens is 1. The lowest BCUT2D eigenvalue weighted by atomic mass is 9.88. The molecule has 0 unspecified atom stereocenters. The summed E-state index contributed by atoms with van der Waals surface area (Å²) in [5.74, 6) is 2.28. The van der Waals surface area contributed by atoms with Crippen LogP contribution < -0.4 is 15.2 Å². The van der Waals surface area contributed by atoms with Gasteiger partial charge in [0.2, 0.25) is 5.91 Å². The van der Waals surface area contributed by atoms with E-state index in [4.69, 9.17) is 4.74 Å². The summed E-state index contributed by atoms with van der Waals surface area (Å²) in [4.78, 5) is 18.4. The number of carbonyl (C=O) groups is 1. The van der Waals surface area contributed by atoms with Crippen LogP contribution in [0.3, 0.4) is 0 Å². The van der Waals surface area contributed by atoms with E-state index in [2.05, 4.69) is 28.2 Å². The van der Waals surface area contributed by atoms with Crippen molar-refractivity contribution < 1.29 is 14.5 Å². The minimum Gasteiger partial charge on any atom is -0.376 e. The van der Waals surface area contributed by atoms with Gasteiger partial charge < -0.3 is 10.1 Å². The van der Waals surface area contributed by atoms with Gasteiger partial charge in [-0.1, -0.05) is 18.7 Å². The quantitative estimate of drug-likeness (QED) is 0.704. The maximum Gasteiger partial charge on any atom is 0.278 e. The molecule has 1 atom stereocenters. The number of nitrogens with one attached hydrogen (secondary N) is 2. The molecule has 0 radical (unpaired) electrons. The Bertz CT molecular complexity index is 808. The average Bonchev–Trinajstić information content (AvgIpc) is 3.30. The van der Waals surface area contributed by atoms with Gasteiger partial charge in [0.05, 0.1) is 24.9 Å². The number of hydrogen-bond donors (Lipinski definition) is 1. The van der Waals surface area contributed by atoms with E-state index in [1.807, 2.05) is 0 Å². The maximum absolute atomic E-state index is 12.4. The Morgan fingerprint density at radius 2 is 2.00 bits per heavy atom. The lowest BCUT2D eigenvalue weighted by molar-refractivity contribution is -0.414. The smallest absolute Gasteiger partial charge is 0.278 e. The van der Waals surface area contributed by atoms with Gasteiger partial charge >= 0.3 is 0 Å². The fraction of sp³-hybridized carbons (Fsp3) is 0.696. The summed E-state index contributed by atoms with van der Waals surface area (Å²) in [5, 5.41) is 13.7. The number of aromatic amines is 1. The predicted octanol–water partition coefficient (Wildman–Crippen LogP) is 2.87. The van der Waals surface area contributed by atoms with Gasteiger partial charge in [-0.15, -0.1) is 0 Å². The number of anilines is 1. The van der Waals surface area contributed by atoms with Crippen LogP contribution in [0, 0.1) is 17.2 Å². The number of carbonyl (C=O) groups excluding carboxylic acids is 1. The third-order valence-corrected chi connectivity index (χ3v) is 7.63. The Hall–Kier alpha value is -1.78. The van der Waals surface area contributed by atoms with Gasteiger partial charge in [-0.3, -0.25) is 9.69 Å². The fourth-order valence-electron chi connectivity index (χ4n) is 4.78. The number of ether oxygens (including phenoxy) is 1. The molecule has 2 fully saturated rings. The molecule has 1 aliphatic carbocycles. The zero-order valence-electron chi connectivity index (χ0n) is 18.0. The van der Waals surface area contributed by atoms with Crippen molar-refractivity contribution in [3.63, 3.8) is 0 Å². The largest absolute Gasteiger partial charge is 0.376 e. The lowest BCUT2D eigenvalue weighted by Gasteiger charge is -2.29. The summed E-state index contributed by atoms with van der Waals surface area (Å²) >= 11 is 1.46.